The average Bonchev–Trinajstić information content (AvgIpc) is 3.31. The Balaban J connectivity index is 1.09. The Labute approximate surface area is 201 Å². The molecule has 2 saturated heterocycles. The van der Waals surface area contributed by atoms with E-state index in [0.717, 1.165) is 69.3 Å². The highest BCUT2D eigenvalue weighted by Gasteiger charge is 2.34. The second kappa shape index (κ2) is 10.7. The molecular weight excluding hydrogens is 430 g/mol. The van der Waals surface area contributed by atoms with Gasteiger partial charge in [-0.3, -0.25) is 9.80 Å². The lowest BCUT2D eigenvalue weighted by atomic mass is 9.91. The second-order valence-electron chi connectivity index (χ2n) is 9.59. The lowest BCUT2D eigenvalue weighted by molar-refractivity contribution is 0.0716. The molecular formula is C26H35N5O3. The van der Waals surface area contributed by atoms with E-state index in [2.05, 4.69) is 44.0 Å². The summed E-state index contributed by atoms with van der Waals surface area (Å²) < 4.78 is 16.7. The maximum atomic E-state index is 6.07. The van der Waals surface area contributed by atoms with E-state index in [1.165, 1.54) is 18.4 Å². The zero-order chi connectivity index (χ0) is 23.3. The molecule has 0 bridgehead atoms. The molecule has 0 aliphatic carbocycles. The monoisotopic (exact) mass is 465 g/mol. The van der Waals surface area contributed by atoms with Crippen molar-refractivity contribution in [2.45, 2.75) is 25.4 Å². The summed E-state index contributed by atoms with van der Waals surface area (Å²) in [5.74, 6) is 2.24. The van der Waals surface area contributed by atoms with E-state index >= 15 is 0 Å². The summed E-state index contributed by atoms with van der Waals surface area (Å²) in [6.07, 6.45) is 4.28. The minimum atomic E-state index is 0.539. The maximum absolute atomic E-state index is 6.07. The van der Waals surface area contributed by atoms with Crippen LogP contribution < -0.4 is 9.64 Å². The van der Waals surface area contributed by atoms with Crippen molar-refractivity contribution in [1.82, 2.24) is 19.9 Å². The number of pyridine rings is 1. The molecule has 0 spiro atoms. The van der Waals surface area contributed by atoms with Crippen molar-refractivity contribution in [2.24, 2.45) is 5.92 Å². The van der Waals surface area contributed by atoms with Crippen LogP contribution in [0, 0.1) is 5.92 Å². The number of hydrogen-bond acceptors (Lipinski definition) is 8. The van der Waals surface area contributed by atoms with E-state index < -0.39 is 0 Å². The number of anilines is 1. The van der Waals surface area contributed by atoms with Gasteiger partial charge in [0.1, 0.15) is 0 Å². The van der Waals surface area contributed by atoms with Crippen LogP contribution in [0.3, 0.4) is 0 Å². The average molecular weight is 466 g/mol. The summed E-state index contributed by atoms with van der Waals surface area (Å²) in [5.41, 5.74) is 2.05. The van der Waals surface area contributed by atoms with Crippen LogP contribution in [-0.4, -0.2) is 86.1 Å². The summed E-state index contributed by atoms with van der Waals surface area (Å²) in [7, 11) is 3.82. The van der Waals surface area contributed by atoms with Crippen molar-refractivity contribution < 1.29 is 14.0 Å². The Morgan fingerprint density at radius 2 is 2.03 bits per heavy atom. The van der Waals surface area contributed by atoms with Gasteiger partial charge in [-0.2, -0.15) is 0 Å². The van der Waals surface area contributed by atoms with Gasteiger partial charge in [0, 0.05) is 70.6 Å². The number of hydrogen-bond donors (Lipinski definition) is 0. The summed E-state index contributed by atoms with van der Waals surface area (Å²) in [5, 5.41) is 5.48. The number of fused-ring (bicyclic) bond motifs is 2. The molecule has 5 rings (SSSR count). The number of ether oxygens (including phenoxy) is 2. The van der Waals surface area contributed by atoms with Crippen molar-refractivity contribution in [3.8, 4) is 5.88 Å². The van der Waals surface area contributed by atoms with Gasteiger partial charge in [-0.15, -0.1) is 0 Å². The smallest absolute Gasteiger partial charge is 0.213 e. The van der Waals surface area contributed by atoms with Gasteiger partial charge in [0.25, 0.3) is 0 Å². The highest BCUT2D eigenvalue weighted by atomic mass is 16.5. The van der Waals surface area contributed by atoms with E-state index in [0.29, 0.717) is 17.8 Å². The van der Waals surface area contributed by atoms with Crippen LogP contribution in [0.25, 0.3) is 11.0 Å². The molecule has 2 aliphatic rings. The third kappa shape index (κ3) is 5.35. The number of piperidine rings is 1. The van der Waals surface area contributed by atoms with Gasteiger partial charge in [-0.25, -0.2) is 4.98 Å². The normalized spacial score (nSPS) is 21.2. The number of methoxy groups -OCH3 is 1. The molecule has 8 nitrogen and oxygen atoms in total. The van der Waals surface area contributed by atoms with Crippen molar-refractivity contribution in [3.63, 3.8) is 0 Å². The Kier molecular flexibility index (Phi) is 7.27. The van der Waals surface area contributed by atoms with Gasteiger partial charge >= 0.3 is 0 Å². The molecule has 2 aromatic heterocycles. The predicted molar refractivity (Wildman–Crippen MR) is 132 cm³/mol. The van der Waals surface area contributed by atoms with Crippen molar-refractivity contribution in [3.05, 3.63) is 48.2 Å². The van der Waals surface area contributed by atoms with Crippen LogP contribution in [0.5, 0.6) is 5.88 Å². The molecule has 182 valence electrons. The maximum Gasteiger partial charge on any atom is 0.213 e. The van der Waals surface area contributed by atoms with E-state index in [9.17, 15) is 0 Å². The van der Waals surface area contributed by atoms with E-state index in [1.54, 1.807) is 7.11 Å². The highest BCUT2D eigenvalue weighted by molar-refractivity contribution is 5.88. The Morgan fingerprint density at radius 1 is 1.12 bits per heavy atom. The van der Waals surface area contributed by atoms with Gasteiger partial charge < -0.3 is 18.9 Å². The SMILES string of the molecule is COCCN(C)Cc1ccc(OC[C@@H]2CC[C@H]3CN(c4noc5ccccc45)CCN3C2)nc1. The fourth-order valence-corrected chi connectivity index (χ4v) is 5.12. The minimum Gasteiger partial charge on any atom is -0.477 e. The van der Waals surface area contributed by atoms with Gasteiger partial charge in [0.2, 0.25) is 5.88 Å². The lowest BCUT2D eigenvalue weighted by Crippen LogP contribution is -2.57. The molecule has 0 saturated carbocycles. The van der Waals surface area contributed by atoms with Crippen molar-refractivity contribution in [2.75, 3.05) is 65.0 Å². The first-order chi connectivity index (χ1) is 16.7. The van der Waals surface area contributed by atoms with Crippen molar-refractivity contribution >= 4 is 16.8 Å². The second-order valence-corrected chi connectivity index (χ2v) is 9.59. The van der Waals surface area contributed by atoms with Gasteiger partial charge in [-0.1, -0.05) is 23.4 Å². The number of nitrogens with zero attached hydrogens (tertiary/aromatic N) is 5. The van der Waals surface area contributed by atoms with Gasteiger partial charge in [0.05, 0.1) is 18.6 Å². The Hall–Kier alpha value is -2.68. The van der Waals surface area contributed by atoms with E-state index in [1.807, 2.05) is 30.5 Å². The molecule has 4 heterocycles. The first-order valence-electron chi connectivity index (χ1n) is 12.3. The minimum absolute atomic E-state index is 0.539. The third-order valence-electron chi connectivity index (χ3n) is 7.06. The molecule has 0 amide bonds. The van der Waals surface area contributed by atoms with Crippen LogP contribution in [0.1, 0.15) is 18.4 Å². The van der Waals surface area contributed by atoms with E-state index in [-0.39, 0.29) is 0 Å². The largest absolute Gasteiger partial charge is 0.477 e. The van der Waals surface area contributed by atoms with Gasteiger partial charge in [0.15, 0.2) is 11.4 Å². The number of aromatic nitrogens is 2. The van der Waals surface area contributed by atoms with Crippen LogP contribution >= 0.6 is 0 Å². The molecule has 2 aliphatic heterocycles. The number of rotatable bonds is 9. The first kappa shape index (κ1) is 23.1. The molecule has 2 atom stereocenters. The number of piperazine rings is 1. The molecule has 0 unspecified atom stereocenters. The fourth-order valence-electron chi connectivity index (χ4n) is 5.12. The van der Waals surface area contributed by atoms with Crippen LogP contribution in [-0.2, 0) is 11.3 Å². The van der Waals surface area contributed by atoms with Crippen LogP contribution in [0.15, 0.2) is 47.1 Å². The number of likely N-dealkylation sites (N-methyl/N-ethyl adjacent to an activating group) is 1. The van der Waals surface area contributed by atoms with Crippen LogP contribution in [0.2, 0.25) is 0 Å². The molecule has 34 heavy (non-hydrogen) atoms. The zero-order valence-electron chi connectivity index (χ0n) is 20.2. The Morgan fingerprint density at radius 3 is 2.88 bits per heavy atom. The van der Waals surface area contributed by atoms with Crippen molar-refractivity contribution in [1.29, 1.82) is 0 Å². The molecule has 1 aromatic carbocycles. The summed E-state index contributed by atoms with van der Waals surface area (Å²) in [4.78, 5) is 11.8. The highest BCUT2D eigenvalue weighted by Crippen LogP contribution is 2.31. The molecule has 3 aromatic rings. The van der Waals surface area contributed by atoms with E-state index in [4.69, 9.17) is 14.0 Å². The summed E-state index contributed by atoms with van der Waals surface area (Å²) in [6, 6.07) is 12.8. The Bertz CT molecular complexity index is 1060. The summed E-state index contributed by atoms with van der Waals surface area (Å²) >= 11 is 0. The quantitative estimate of drug-likeness (QED) is 0.477. The standard InChI is InChI=1S/C26H35N5O3/c1-29(13-14-32-2)16-20-8-10-25(27-15-20)33-19-21-7-9-22-18-31(12-11-30(22)17-21)26-23-5-3-4-6-24(23)34-28-26/h3-6,8,10,15,21-22H,7,9,11-14,16-19H2,1-2H3/t21-,22+/m1/s1. The summed E-state index contributed by atoms with van der Waals surface area (Å²) in [6.45, 7) is 7.33. The van der Waals surface area contributed by atoms with Crippen LogP contribution in [0.4, 0.5) is 5.82 Å². The molecule has 2 fully saturated rings. The number of para-hydroxylation sites is 1. The molecule has 0 N–H and O–H groups in total. The number of benzene rings is 1. The van der Waals surface area contributed by atoms with Gasteiger partial charge in [-0.05, 0) is 37.6 Å². The third-order valence-corrected chi connectivity index (χ3v) is 7.06. The predicted octanol–water partition coefficient (Wildman–Crippen LogP) is 3.28. The lowest BCUT2D eigenvalue weighted by Gasteiger charge is -2.46. The zero-order valence-corrected chi connectivity index (χ0v) is 20.2. The molecule has 0 radical (unpaired) electrons. The molecule has 8 heteroatoms. The topological polar surface area (TPSA) is 67.1 Å². The fraction of sp³-hybridized carbons (Fsp3) is 0.538. The first-order valence-corrected chi connectivity index (χ1v) is 12.3.